The number of rotatable bonds is 3. The first-order chi connectivity index (χ1) is 9.47. The second kappa shape index (κ2) is 4.88. The number of aryl methyl sites for hydroxylation is 1. The molecule has 1 amide bonds. The lowest BCUT2D eigenvalue weighted by Crippen LogP contribution is -2.33. The fraction of sp³-hybridized carbons (Fsp3) is 0.733. The molecule has 110 valence electrons. The van der Waals surface area contributed by atoms with Gasteiger partial charge in [-0.3, -0.25) is 9.48 Å². The largest absolute Gasteiger partial charge is 0.323 e. The van der Waals surface area contributed by atoms with Gasteiger partial charge in [0.15, 0.2) is 0 Å². The van der Waals surface area contributed by atoms with E-state index < -0.39 is 0 Å². The molecule has 3 atom stereocenters. The van der Waals surface area contributed by atoms with E-state index in [1.54, 1.807) is 0 Å². The third-order valence-corrected chi connectivity index (χ3v) is 4.70. The number of amides is 1. The van der Waals surface area contributed by atoms with Gasteiger partial charge in [-0.2, -0.15) is 5.10 Å². The maximum atomic E-state index is 12.5. The Labute approximate surface area is 120 Å². The second-order valence-electron chi connectivity index (χ2n) is 6.46. The number of hydrogen-bond donors (Lipinski definition) is 2. The van der Waals surface area contributed by atoms with E-state index in [2.05, 4.69) is 29.6 Å². The van der Waals surface area contributed by atoms with Crippen molar-refractivity contribution in [2.45, 2.75) is 65.1 Å². The van der Waals surface area contributed by atoms with E-state index in [4.69, 9.17) is 0 Å². The molecule has 3 rings (SSSR count). The van der Waals surface area contributed by atoms with Crippen LogP contribution in [0, 0.1) is 19.8 Å². The third kappa shape index (κ3) is 2.14. The fourth-order valence-electron chi connectivity index (χ4n) is 3.68. The van der Waals surface area contributed by atoms with Crippen molar-refractivity contribution in [3.8, 4) is 0 Å². The standard InChI is InChI=1S/C15H24N4O/c1-8(2)19-10(4)14(9(3)18-19)17-15(20)12-7-11-5-6-13(12)16-11/h8,11-13,16H,5-7H2,1-4H3,(H,17,20). The Kier molecular flexibility index (Phi) is 3.32. The summed E-state index contributed by atoms with van der Waals surface area (Å²) < 4.78 is 1.98. The lowest BCUT2D eigenvalue weighted by atomic mass is 9.88. The van der Waals surface area contributed by atoms with Crippen molar-refractivity contribution in [2.24, 2.45) is 5.92 Å². The number of nitrogens with one attached hydrogen (secondary N) is 2. The van der Waals surface area contributed by atoms with Crippen LogP contribution in [0.15, 0.2) is 0 Å². The van der Waals surface area contributed by atoms with E-state index in [1.165, 1.54) is 6.42 Å². The molecular weight excluding hydrogens is 252 g/mol. The molecule has 5 nitrogen and oxygen atoms in total. The minimum Gasteiger partial charge on any atom is -0.323 e. The zero-order valence-electron chi connectivity index (χ0n) is 12.7. The second-order valence-corrected chi connectivity index (χ2v) is 6.46. The van der Waals surface area contributed by atoms with Crippen molar-refractivity contribution in [3.63, 3.8) is 0 Å². The van der Waals surface area contributed by atoms with Gasteiger partial charge < -0.3 is 10.6 Å². The van der Waals surface area contributed by atoms with Gasteiger partial charge in [-0.05, 0) is 47.0 Å². The molecule has 3 unspecified atom stereocenters. The van der Waals surface area contributed by atoms with Crippen LogP contribution in [0.1, 0.15) is 50.5 Å². The van der Waals surface area contributed by atoms with Crippen LogP contribution in [0.3, 0.4) is 0 Å². The monoisotopic (exact) mass is 276 g/mol. The van der Waals surface area contributed by atoms with Gasteiger partial charge >= 0.3 is 0 Å². The van der Waals surface area contributed by atoms with Crippen LogP contribution in [0.4, 0.5) is 5.69 Å². The highest BCUT2D eigenvalue weighted by atomic mass is 16.2. The van der Waals surface area contributed by atoms with Crippen molar-refractivity contribution in [3.05, 3.63) is 11.4 Å². The smallest absolute Gasteiger partial charge is 0.229 e. The SMILES string of the molecule is Cc1nn(C(C)C)c(C)c1NC(=O)C1CC2CCC1N2. The van der Waals surface area contributed by atoms with Crippen LogP contribution in [0.25, 0.3) is 0 Å². The van der Waals surface area contributed by atoms with E-state index in [1.807, 2.05) is 18.5 Å². The summed E-state index contributed by atoms with van der Waals surface area (Å²) in [6, 6.07) is 1.24. The molecule has 2 bridgehead atoms. The molecule has 0 aliphatic carbocycles. The highest BCUT2D eigenvalue weighted by Crippen LogP contribution is 2.34. The Morgan fingerprint density at radius 3 is 2.65 bits per heavy atom. The first kappa shape index (κ1) is 13.6. The molecule has 3 heterocycles. The van der Waals surface area contributed by atoms with Crippen molar-refractivity contribution >= 4 is 11.6 Å². The summed E-state index contributed by atoms with van der Waals surface area (Å²) in [5, 5.41) is 11.2. The Hall–Kier alpha value is -1.36. The van der Waals surface area contributed by atoms with Crippen molar-refractivity contribution in [1.29, 1.82) is 0 Å². The molecular formula is C15H24N4O. The van der Waals surface area contributed by atoms with E-state index >= 15 is 0 Å². The van der Waals surface area contributed by atoms with Crippen LogP contribution < -0.4 is 10.6 Å². The molecule has 5 heteroatoms. The summed E-state index contributed by atoms with van der Waals surface area (Å²) in [6.07, 6.45) is 3.33. The zero-order chi connectivity index (χ0) is 14.4. The number of hydrogen-bond acceptors (Lipinski definition) is 3. The molecule has 1 aromatic heterocycles. The number of fused-ring (bicyclic) bond motifs is 2. The normalized spacial score (nSPS) is 28.4. The van der Waals surface area contributed by atoms with E-state index in [-0.39, 0.29) is 11.8 Å². The molecule has 2 saturated heterocycles. The van der Waals surface area contributed by atoms with Gasteiger partial charge in [0.05, 0.1) is 23.0 Å². The molecule has 0 saturated carbocycles. The van der Waals surface area contributed by atoms with Crippen LogP contribution in [-0.2, 0) is 4.79 Å². The summed E-state index contributed by atoms with van der Waals surface area (Å²) in [5.74, 6) is 0.272. The van der Waals surface area contributed by atoms with Crippen LogP contribution >= 0.6 is 0 Å². The van der Waals surface area contributed by atoms with Gasteiger partial charge in [0.25, 0.3) is 0 Å². The average molecular weight is 276 g/mol. The first-order valence-corrected chi connectivity index (χ1v) is 7.60. The summed E-state index contributed by atoms with van der Waals surface area (Å²) >= 11 is 0. The maximum Gasteiger partial charge on any atom is 0.229 e. The Bertz CT molecular complexity index is 534. The van der Waals surface area contributed by atoms with Gasteiger partial charge in [0.1, 0.15) is 0 Å². The highest BCUT2D eigenvalue weighted by molar-refractivity contribution is 5.94. The number of carbonyl (C=O) groups excluding carboxylic acids is 1. The van der Waals surface area contributed by atoms with Crippen molar-refractivity contribution in [2.75, 3.05) is 5.32 Å². The molecule has 0 radical (unpaired) electrons. The van der Waals surface area contributed by atoms with E-state index in [9.17, 15) is 4.79 Å². The summed E-state index contributed by atoms with van der Waals surface area (Å²) in [7, 11) is 0. The highest BCUT2D eigenvalue weighted by Gasteiger charge is 2.42. The Balaban J connectivity index is 1.76. The van der Waals surface area contributed by atoms with Gasteiger partial charge in [0.2, 0.25) is 5.91 Å². The topological polar surface area (TPSA) is 59.0 Å². The van der Waals surface area contributed by atoms with E-state index in [0.29, 0.717) is 18.1 Å². The molecule has 2 aliphatic rings. The number of nitrogens with zero attached hydrogens (tertiary/aromatic N) is 2. The third-order valence-electron chi connectivity index (χ3n) is 4.70. The van der Waals surface area contributed by atoms with E-state index in [0.717, 1.165) is 29.9 Å². The minimum atomic E-state index is 0.120. The number of carbonyl (C=O) groups is 1. The zero-order valence-corrected chi connectivity index (χ0v) is 12.7. The first-order valence-electron chi connectivity index (χ1n) is 7.60. The number of aromatic nitrogens is 2. The predicted octanol–water partition coefficient (Wildman–Crippen LogP) is 2.16. The minimum absolute atomic E-state index is 0.120. The van der Waals surface area contributed by atoms with Gasteiger partial charge in [-0.25, -0.2) is 0 Å². The lowest BCUT2D eigenvalue weighted by Gasteiger charge is -2.19. The van der Waals surface area contributed by atoms with Gasteiger partial charge in [0, 0.05) is 18.1 Å². The molecule has 2 aliphatic heterocycles. The van der Waals surface area contributed by atoms with Crippen LogP contribution in [0.2, 0.25) is 0 Å². The molecule has 0 spiro atoms. The van der Waals surface area contributed by atoms with Crippen molar-refractivity contribution in [1.82, 2.24) is 15.1 Å². The average Bonchev–Trinajstić information content (AvgIpc) is 3.08. The fourth-order valence-corrected chi connectivity index (χ4v) is 3.68. The summed E-state index contributed by atoms with van der Waals surface area (Å²) in [4.78, 5) is 12.5. The lowest BCUT2D eigenvalue weighted by molar-refractivity contribution is -0.120. The molecule has 0 aromatic carbocycles. The molecule has 20 heavy (non-hydrogen) atoms. The van der Waals surface area contributed by atoms with Crippen LogP contribution in [0.5, 0.6) is 0 Å². The molecule has 1 aromatic rings. The summed E-state index contributed by atoms with van der Waals surface area (Å²) in [6.45, 7) is 8.19. The Morgan fingerprint density at radius 2 is 2.15 bits per heavy atom. The van der Waals surface area contributed by atoms with Crippen molar-refractivity contribution < 1.29 is 4.79 Å². The molecule has 2 fully saturated rings. The van der Waals surface area contributed by atoms with Crippen LogP contribution in [-0.4, -0.2) is 27.8 Å². The number of anilines is 1. The van der Waals surface area contributed by atoms with Gasteiger partial charge in [-0.15, -0.1) is 0 Å². The quantitative estimate of drug-likeness (QED) is 0.889. The Morgan fingerprint density at radius 1 is 1.40 bits per heavy atom. The van der Waals surface area contributed by atoms with Gasteiger partial charge in [-0.1, -0.05) is 0 Å². The maximum absolute atomic E-state index is 12.5. The predicted molar refractivity (Wildman–Crippen MR) is 78.8 cm³/mol. The summed E-state index contributed by atoms with van der Waals surface area (Å²) in [5.41, 5.74) is 2.84. The molecule has 2 N–H and O–H groups in total.